The number of aromatic nitrogens is 1. The highest BCUT2D eigenvalue weighted by molar-refractivity contribution is 5.27. The van der Waals surface area contributed by atoms with Gasteiger partial charge in [-0.15, -0.1) is 0 Å². The van der Waals surface area contributed by atoms with Crippen molar-refractivity contribution in [3.63, 3.8) is 0 Å². The SMILES string of the molecule is C=C/C=C(\C=C/C)CCc1ccc(C#N)cn1. The summed E-state index contributed by atoms with van der Waals surface area (Å²) < 4.78 is 0. The Hall–Kier alpha value is -2.14. The Kier molecular flexibility index (Phi) is 5.46. The second-order valence-electron chi connectivity index (χ2n) is 3.63. The van der Waals surface area contributed by atoms with E-state index in [1.807, 2.05) is 25.1 Å². The van der Waals surface area contributed by atoms with Gasteiger partial charge in [0.15, 0.2) is 0 Å². The molecular weight excluding hydrogens is 208 g/mol. The summed E-state index contributed by atoms with van der Waals surface area (Å²) in [6, 6.07) is 5.76. The Morgan fingerprint density at radius 1 is 1.53 bits per heavy atom. The molecule has 0 spiro atoms. The number of nitrogens with zero attached hydrogens (tertiary/aromatic N) is 2. The van der Waals surface area contributed by atoms with Crippen molar-refractivity contribution in [1.29, 1.82) is 5.26 Å². The van der Waals surface area contributed by atoms with Crippen molar-refractivity contribution >= 4 is 0 Å². The fraction of sp³-hybridized carbons (Fsp3) is 0.200. The molecule has 0 amide bonds. The van der Waals surface area contributed by atoms with Gasteiger partial charge in [0, 0.05) is 11.9 Å². The van der Waals surface area contributed by atoms with E-state index in [0.29, 0.717) is 5.56 Å². The smallest absolute Gasteiger partial charge is 0.101 e. The molecule has 1 rings (SSSR count). The monoisotopic (exact) mass is 224 g/mol. The van der Waals surface area contributed by atoms with Gasteiger partial charge in [0.25, 0.3) is 0 Å². The van der Waals surface area contributed by atoms with Gasteiger partial charge >= 0.3 is 0 Å². The predicted molar refractivity (Wildman–Crippen MR) is 70.4 cm³/mol. The number of aryl methyl sites for hydroxylation is 1. The molecule has 0 saturated carbocycles. The molecule has 1 aromatic rings. The first kappa shape index (κ1) is 12.9. The third-order valence-electron chi connectivity index (χ3n) is 2.34. The van der Waals surface area contributed by atoms with E-state index in [-0.39, 0.29) is 0 Å². The van der Waals surface area contributed by atoms with Gasteiger partial charge in [-0.2, -0.15) is 5.26 Å². The first-order valence-electron chi connectivity index (χ1n) is 5.59. The van der Waals surface area contributed by atoms with Gasteiger partial charge < -0.3 is 0 Å². The molecule has 0 atom stereocenters. The van der Waals surface area contributed by atoms with Crippen LogP contribution in [0.15, 0.2) is 54.8 Å². The zero-order chi connectivity index (χ0) is 12.5. The van der Waals surface area contributed by atoms with Crippen molar-refractivity contribution in [2.45, 2.75) is 19.8 Å². The molecule has 0 aliphatic carbocycles. The fourth-order valence-electron chi connectivity index (χ4n) is 1.50. The quantitative estimate of drug-likeness (QED) is 0.717. The summed E-state index contributed by atoms with van der Waals surface area (Å²) in [5, 5.41) is 8.67. The van der Waals surface area contributed by atoms with Crippen LogP contribution in [-0.4, -0.2) is 4.98 Å². The molecule has 17 heavy (non-hydrogen) atoms. The summed E-state index contributed by atoms with van der Waals surface area (Å²) in [5.41, 5.74) is 2.83. The summed E-state index contributed by atoms with van der Waals surface area (Å²) in [6.07, 6.45) is 11.3. The molecule has 0 aliphatic heterocycles. The standard InChI is InChI=1S/C15H16N2/c1-3-5-13(6-4-2)7-9-15-10-8-14(11-16)12-17-15/h3-6,8,10,12H,1,7,9H2,2H3/b6-4-,13-5+. The van der Waals surface area contributed by atoms with E-state index in [9.17, 15) is 0 Å². The van der Waals surface area contributed by atoms with Crippen LogP contribution in [0.2, 0.25) is 0 Å². The molecule has 0 aromatic carbocycles. The topological polar surface area (TPSA) is 36.7 Å². The molecule has 0 bridgehead atoms. The Bertz CT molecular complexity index is 459. The van der Waals surface area contributed by atoms with E-state index in [0.717, 1.165) is 18.5 Å². The zero-order valence-electron chi connectivity index (χ0n) is 10.1. The minimum Gasteiger partial charge on any atom is -0.260 e. The van der Waals surface area contributed by atoms with Gasteiger partial charge in [0.2, 0.25) is 0 Å². The van der Waals surface area contributed by atoms with Crippen LogP contribution in [0.1, 0.15) is 24.6 Å². The van der Waals surface area contributed by atoms with Crippen LogP contribution < -0.4 is 0 Å². The molecule has 0 unspecified atom stereocenters. The number of nitriles is 1. The summed E-state index contributed by atoms with van der Waals surface area (Å²) in [6.45, 7) is 5.70. The van der Waals surface area contributed by atoms with E-state index in [1.54, 1.807) is 18.3 Å². The van der Waals surface area contributed by atoms with Crippen molar-refractivity contribution in [2.75, 3.05) is 0 Å². The number of pyridine rings is 1. The van der Waals surface area contributed by atoms with Crippen molar-refractivity contribution in [3.05, 3.63) is 66.0 Å². The largest absolute Gasteiger partial charge is 0.260 e. The zero-order valence-corrected chi connectivity index (χ0v) is 10.1. The van der Waals surface area contributed by atoms with Crippen LogP contribution in [0.4, 0.5) is 0 Å². The summed E-state index contributed by atoms with van der Waals surface area (Å²) in [4.78, 5) is 4.24. The Balaban J connectivity index is 2.63. The van der Waals surface area contributed by atoms with Crippen LogP contribution in [0.25, 0.3) is 0 Å². The van der Waals surface area contributed by atoms with Gasteiger partial charge in [-0.3, -0.25) is 4.98 Å². The maximum Gasteiger partial charge on any atom is 0.101 e. The molecule has 0 radical (unpaired) electrons. The molecule has 1 heterocycles. The number of hydrogen-bond acceptors (Lipinski definition) is 2. The lowest BCUT2D eigenvalue weighted by atomic mass is 10.1. The molecular formula is C15H16N2. The van der Waals surface area contributed by atoms with Gasteiger partial charge in [-0.1, -0.05) is 30.9 Å². The lowest BCUT2D eigenvalue weighted by Gasteiger charge is -2.01. The molecule has 1 aromatic heterocycles. The summed E-state index contributed by atoms with van der Waals surface area (Å²) in [5.74, 6) is 0. The highest BCUT2D eigenvalue weighted by Crippen LogP contribution is 2.09. The maximum atomic E-state index is 8.67. The summed E-state index contributed by atoms with van der Waals surface area (Å²) >= 11 is 0. The second kappa shape index (κ2) is 7.19. The van der Waals surface area contributed by atoms with E-state index >= 15 is 0 Å². The van der Waals surface area contributed by atoms with Crippen LogP contribution in [0.5, 0.6) is 0 Å². The molecule has 0 saturated heterocycles. The van der Waals surface area contributed by atoms with Crippen molar-refractivity contribution in [1.82, 2.24) is 4.98 Å². The van der Waals surface area contributed by atoms with Gasteiger partial charge in [0.1, 0.15) is 6.07 Å². The summed E-state index contributed by atoms with van der Waals surface area (Å²) in [7, 11) is 0. The van der Waals surface area contributed by atoms with Crippen LogP contribution in [0.3, 0.4) is 0 Å². The van der Waals surface area contributed by atoms with E-state index < -0.39 is 0 Å². The lowest BCUT2D eigenvalue weighted by Crippen LogP contribution is -1.91. The molecule has 0 fully saturated rings. The predicted octanol–water partition coefficient (Wildman–Crippen LogP) is 3.57. The molecule has 2 heteroatoms. The highest BCUT2D eigenvalue weighted by Gasteiger charge is 1.97. The van der Waals surface area contributed by atoms with E-state index in [2.05, 4.69) is 23.7 Å². The first-order chi connectivity index (χ1) is 8.30. The van der Waals surface area contributed by atoms with Gasteiger partial charge in [-0.25, -0.2) is 0 Å². The molecule has 0 aliphatic rings. The Morgan fingerprint density at radius 2 is 2.35 bits per heavy atom. The maximum absolute atomic E-state index is 8.67. The number of hydrogen-bond donors (Lipinski definition) is 0. The normalized spacial score (nSPS) is 11.4. The highest BCUT2D eigenvalue weighted by atomic mass is 14.7. The van der Waals surface area contributed by atoms with Crippen LogP contribution in [0, 0.1) is 11.3 Å². The lowest BCUT2D eigenvalue weighted by molar-refractivity contribution is 0.916. The minimum absolute atomic E-state index is 0.601. The fourth-order valence-corrected chi connectivity index (χ4v) is 1.50. The number of allylic oxidation sites excluding steroid dienone is 5. The van der Waals surface area contributed by atoms with Crippen molar-refractivity contribution in [3.8, 4) is 6.07 Å². The third-order valence-corrected chi connectivity index (χ3v) is 2.34. The Labute approximate surface area is 103 Å². The average molecular weight is 224 g/mol. The van der Waals surface area contributed by atoms with E-state index in [1.165, 1.54) is 5.57 Å². The third kappa shape index (κ3) is 4.48. The molecule has 0 N–H and O–H groups in total. The Morgan fingerprint density at radius 3 is 2.88 bits per heavy atom. The minimum atomic E-state index is 0.601. The first-order valence-corrected chi connectivity index (χ1v) is 5.59. The van der Waals surface area contributed by atoms with Crippen LogP contribution >= 0.6 is 0 Å². The van der Waals surface area contributed by atoms with Crippen molar-refractivity contribution < 1.29 is 0 Å². The van der Waals surface area contributed by atoms with Crippen LogP contribution in [-0.2, 0) is 6.42 Å². The van der Waals surface area contributed by atoms with Gasteiger partial charge in [-0.05, 0) is 37.5 Å². The average Bonchev–Trinajstić information content (AvgIpc) is 2.37. The second-order valence-corrected chi connectivity index (χ2v) is 3.63. The van der Waals surface area contributed by atoms with E-state index in [4.69, 9.17) is 5.26 Å². The molecule has 86 valence electrons. The van der Waals surface area contributed by atoms with Gasteiger partial charge in [0.05, 0.1) is 5.56 Å². The number of rotatable bonds is 5. The molecule has 2 nitrogen and oxygen atoms in total. The van der Waals surface area contributed by atoms with Crippen molar-refractivity contribution in [2.24, 2.45) is 0 Å².